The molecule has 0 heterocycles. The number of nitrogens with one attached hydrogen (secondary N) is 1. The Kier molecular flexibility index (Phi) is 8.71. The molecule has 0 aliphatic carbocycles. The summed E-state index contributed by atoms with van der Waals surface area (Å²) < 4.78 is 5.38. The Morgan fingerprint density at radius 3 is 2.41 bits per heavy atom. The zero-order chi connectivity index (χ0) is 19.5. The Balaban J connectivity index is 1.77. The van der Waals surface area contributed by atoms with Crippen LogP contribution in [0, 0.1) is 0 Å². The van der Waals surface area contributed by atoms with Crippen molar-refractivity contribution in [3.63, 3.8) is 0 Å². The Morgan fingerprint density at radius 2 is 1.78 bits per heavy atom. The summed E-state index contributed by atoms with van der Waals surface area (Å²) in [6.45, 7) is 2.48. The van der Waals surface area contributed by atoms with Gasteiger partial charge in [-0.25, -0.2) is 4.79 Å². The summed E-state index contributed by atoms with van der Waals surface area (Å²) in [5.74, 6) is 0.953. The van der Waals surface area contributed by atoms with E-state index in [0.29, 0.717) is 18.8 Å². The Labute approximate surface area is 164 Å². The molecule has 27 heavy (non-hydrogen) atoms. The van der Waals surface area contributed by atoms with Crippen molar-refractivity contribution in [1.29, 1.82) is 0 Å². The van der Waals surface area contributed by atoms with Gasteiger partial charge in [-0.3, -0.25) is 4.79 Å². The van der Waals surface area contributed by atoms with E-state index >= 15 is 0 Å². The SMILES string of the molecule is CCOc1ccc(CC(NC(=O)CCSCc2ccccc2)C(=O)O)cc1. The lowest BCUT2D eigenvalue weighted by Gasteiger charge is -2.15. The lowest BCUT2D eigenvalue weighted by Crippen LogP contribution is -2.42. The summed E-state index contributed by atoms with van der Waals surface area (Å²) in [5.41, 5.74) is 2.05. The Bertz CT molecular complexity index is 719. The van der Waals surface area contributed by atoms with E-state index in [0.717, 1.165) is 17.1 Å². The number of hydrogen-bond acceptors (Lipinski definition) is 4. The van der Waals surface area contributed by atoms with E-state index in [1.165, 1.54) is 5.56 Å². The van der Waals surface area contributed by atoms with Crippen molar-refractivity contribution in [3.8, 4) is 5.75 Å². The first-order valence-electron chi connectivity index (χ1n) is 8.94. The number of amides is 1. The second kappa shape index (κ2) is 11.3. The van der Waals surface area contributed by atoms with Crippen LogP contribution in [-0.4, -0.2) is 35.4 Å². The quantitative estimate of drug-likeness (QED) is 0.577. The normalized spacial score (nSPS) is 11.6. The van der Waals surface area contributed by atoms with Crippen LogP contribution in [0.25, 0.3) is 0 Å². The summed E-state index contributed by atoms with van der Waals surface area (Å²) in [7, 11) is 0. The van der Waals surface area contributed by atoms with Gasteiger partial charge in [0.25, 0.3) is 0 Å². The molecule has 2 rings (SSSR count). The smallest absolute Gasteiger partial charge is 0.326 e. The van der Waals surface area contributed by atoms with Crippen molar-refractivity contribution >= 4 is 23.6 Å². The molecule has 2 N–H and O–H groups in total. The van der Waals surface area contributed by atoms with Gasteiger partial charge in [-0.2, -0.15) is 11.8 Å². The third-order valence-corrected chi connectivity index (χ3v) is 4.92. The first-order chi connectivity index (χ1) is 13.1. The molecule has 0 aliphatic heterocycles. The molecule has 0 spiro atoms. The highest BCUT2D eigenvalue weighted by molar-refractivity contribution is 7.98. The van der Waals surface area contributed by atoms with Gasteiger partial charge in [0.05, 0.1) is 6.61 Å². The minimum atomic E-state index is -1.03. The summed E-state index contributed by atoms with van der Waals surface area (Å²) in [6.07, 6.45) is 0.537. The molecule has 1 atom stereocenters. The predicted molar refractivity (Wildman–Crippen MR) is 108 cm³/mol. The fourth-order valence-corrected chi connectivity index (χ4v) is 3.42. The molecule has 0 aromatic heterocycles. The van der Waals surface area contributed by atoms with E-state index < -0.39 is 12.0 Å². The summed E-state index contributed by atoms with van der Waals surface area (Å²) in [4.78, 5) is 23.6. The van der Waals surface area contributed by atoms with Crippen LogP contribution in [0.2, 0.25) is 0 Å². The van der Waals surface area contributed by atoms with Crippen molar-refractivity contribution in [1.82, 2.24) is 5.32 Å². The van der Waals surface area contributed by atoms with Gasteiger partial charge >= 0.3 is 5.97 Å². The van der Waals surface area contributed by atoms with Crippen LogP contribution in [0.15, 0.2) is 54.6 Å². The van der Waals surface area contributed by atoms with E-state index in [1.54, 1.807) is 23.9 Å². The molecule has 1 amide bonds. The number of thioether (sulfide) groups is 1. The minimum absolute atomic E-state index is 0.241. The molecule has 5 nitrogen and oxygen atoms in total. The van der Waals surface area contributed by atoms with Gasteiger partial charge in [0, 0.05) is 24.3 Å². The molecule has 2 aromatic carbocycles. The van der Waals surface area contributed by atoms with Crippen LogP contribution >= 0.6 is 11.8 Å². The summed E-state index contributed by atoms with van der Waals surface area (Å²) >= 11 is 1.66. The first-order valence-corrected chi connectivity index (χ1v) is 10.1. The zero-order valence-corrected chi connectivity index (χ0v) is 16.2. The van der Waals surface area contributed by atoms with Crippen molar-refractivity contribution < 1.29 is 19.4 Å². The van der Waals surface area contributed by atoms with Crippen LogP contribution in [0.1, 0.15) is 24.5 Å². The minimum Gasteiger partial charge on any atom is -0.494 e. The lowest BCUT2D eigenvalue weighted by atomic mass is 10.1. The fourth-order valence-electron chi connectivity index (χ4n) is 2.52. The van der Waals surface area contributed by atoms with Crippen molar-refractivity contribution in [2.45, 2.75) is 31.6 Å². The standard InChI is InChI=1S/C21H25NO4S/c1-2-26-18-10-8-16(9-11-18)14-19(21(24)25)22-20(23)12-13-27-15-17-6-4-3-5-7-17/h3-11,19H,2,12-15H2,1H3,(H,22,23)(H,24,25). The van der Waals surface area contributed by atoms with Crippen molar-refractivity contribution in [3.05, 3.63) is 65.7 Å². The van der Waals surface area contributed by atoms with E-state index in [1.807, 2.05) is 49.4 Å². The number of carbonyl (C=O) groups excluding carboxylic acids is 1. The maximum atomic E-state index is 12.1. The second-order valence-electron chi connectivity index (χ2n) is 6.03. The third kappa shape index (κ3) is 7.74. The van der Waals surface area contributed by atoms with Crippen LogP contribution in [0.5, 0.6) is 5.75 Å². The number of carboxylic acids is 1. The number of carbonyl (C=O) groups is 2. The highest BCUT2D eigenvalue weighted by Gasteiger charge is 2.20. The van der Waals surface area contributed by atoms with E-state index in [-0.39, 0.29) is 12.3 Å². The topological polar surface area (TPSA) is 75.6 Å². The number of aliphatic carboxylic acids is 1. The highest BCUT2D eigenvalue weighted by atomic mass is 32.2. The molecule has 2 aromatic rings. The van der Waals surface area contributed by atoms with Gasteiger partial charge in [0.15, 0.2) is 0 Å². The van der Waals surface area contributed by atoms with Crippen molar-refractivity contribution in [2.75, 3.05) is 12.4 Å². The van der Waals surface area contributed by atoms with E-state index in [9.17, 15) is 14.7 Å². The van der Waals surface area contributed by atoms with Gasteiger partial charge in [0.1, 0.15) is 11.8 Å². The number of carboxylic acid groups (broad SMARTS) is 1. The maximum absolute atomic E-state index is 12.1. The van der Waals surface area contributed by atoms with E-state index in [2.05, 4.69) is 5.32 Å². The van der Waals surface area contributed by atoms with Crippen LogP contribution in [-0.2, 0) is 21.8 Å². The van der Waals surface area contributed by atoms with Crippen LogP contribution in [0.3, 0.4) is 0 Å². The number of benzene rings is 2. The molecular weight excluding hydrogens is 362 g/mol. The summed E-state index contributed by atoms with van der Waals surface area (Å²) in [5, 5.41) is 12.0. The highest BCUT2D eigenvalue weighted by Crippen LogP contribution is 2.14. The molecule has 0 fully saturated rings. The van der Waals surface area contributed by atoms with Gasteiger partial charge in [-0.05, 0) is 30.2 Å². The van der Waals surface area contributed by atoms with Gasteiger partial charge in [-0.15, -0.1) is 0 Å². The molecular formula is C21H25NO4S. The molecule has 1 unspecified atom stereocenters. The molecule has 6 heteroatoms. The average Bonchev–Trinajstić information content (AvgIpc) is 2.67. The zero-order valence-electron chi connectivity index (χ0n) is 15.4. The average molecular weight is 388 g/mol. The number of hydrogen-bond donors (Lipinski definition) is 2. The molecule has 0 saturated carbocycles. The molecule has 0 saturated heterocycles. The van der Waals surface area contributed by atoms with Gasteiger partial charge in [0.2, 0.25) is 5.91 Å². The predicted octanol–water partition coefficient (Wildman–Crippen LogP) is 3.52. The van der Waals surface area contributed by atoms with Crippen LogP contribution in [0.4, 0.5) is 0 Å². The number of ether oxygens (including phenoxy) is 1. The third-order valence-electron chi connectivity index (χ3n) is 3.89. The van der Waals surface area contributed by atoms with Gasteiger partial charge < -0.3 is 15.2 Å². The van der Waals surface area contributed by atoms with Crippen LogP contribution < -0.4 is 10.1 Å². The number of rotatable bonds is 11. The Morgan fingerprint density at radius 1 is 1.07 bits per heavy atom. The Hall–Kier alpha value is -2.47. The fraction of sp³-hybridized carbons (Fsp3) is 0.333. The van der Waals surface area contributed by atoms with Gasteiger partial charge in [-0.1, -0.05) is 42.5 Å². The molecule has 0 bridgehead atoms. The monoisotopic (exact) mass is 387 g/mol. The van der Waals surface area contributed by atoms with E-state index in [4.69, 9.17) is 4.74 Å². The summed E-state index contributed by atoms with van der Waals surface area (Å²) in [6, 6.07) is 16.4. The largest absolute Gasteiger partial charge is 0.494 e. The first kappa shape index (κ1) is 20.8. The molecule has 144 valence electrons. The van der Waals surface area contributed by atoms with Crippen molar-refractivity contribution in [2.24, 2.45) is 0 Å². The second-order valence-corrected chi connectivity index (χ2v) is 7.13. The maximum Gasteiger partial charge on any atom is 0.326 e. The lowest BCUT2D eigenvalue weighted by molar-refractivity contribution is -0.141. The molecule has 0 aliphatic rings. The molecule has 0 radical (unpaired) electrons.